The fourth-order valence-electron chi connectivity index (χ4n) is 3.31. The van der Waals surface area contributed by atoms with Crippen molar-refractivity contribution in [1.29, 1.82) is 0 Å². The lowest BCUT2D eigenvalue weighted by molar-refractivity contribution is 0.0950. The standard InChI is InChI=1S/C19H23ClFN3O2/c1-13-16(18(23-26-13)17-14(20)7-5-8-15(17)21)19(25)22-9-6-12-24-10-3-2-4-11-24/h5,7-8H,2-4,6,9-12H2,1H3,(H,22,25). The molecule has 2 aromatic rings. The number of carbonyl (C=O) groups excluding carboxylic acids is 1. The first kappa shape index (κ1) is 18.9. The Hall–Kier alpha value is -1.92. The molecule has 1 aromatic heterocycles. The Labute approximate surface area is 157 Å². The van der Waals surface area contributed by atoms with E-state index in [0.717, 1.165) is 26.1 Å². The van der Waals surface area contributed by atoms with Crippen molar-refractivity contribution in [1.82, 2.24) is 15.4 Å². The number of piperidine rings is 1. The lowest BCUT2D eigenvalue weighted by atomic mass is 10.0. The molecule has 3 rings (SSSR count). The minimum absolute atomic E-state index is 0.0875. The number of hydrogen-bond acceptors (Lipinski definition) is 4. The summed E-state index contributed by atoms with van der Waals surface area (Å²) in [7, 11) is 0. The quantitative estimate of drug-likeness (QED) is 0.769. The first-order valence-electron chi connectivity index (χ1n) is 8.99. The molecule has 1 amide bonds. The highest BCUT2D eigenvalue weighted by molar-refractivity contribution is 6.33. The minimum atomic E-state index is -0.537. The van der Waals surface area contributed by atoms with E-state index in [-0.39, 0.29) is 27.8 Å². The molecule has 0 spiro atoms. The SMILES string of the molecule is Cc1onc(-c2c(F)cccc2Cl)c1C(=O)NCCCN1CCCCC1. The molecule has 1 N–H and O–H groups in total. The predicted octanol–water partition coefficient (Wildman–Crippen LogP) is 4.05. The number of nitrogens with one attached hydrogen (secondary N) is 1. The molecule has 0 bridgehead atoms. The normalized spacial score (nSPS) is 15.2. The summed E-state index contributed by atoms with van der Waals surface area (Å²) in [5.41, 5.74) is 0.457. The van der Waals surface area contributed by atoms with Crippen molar-refractivity contribution >= 4 is 17.5 Å². The van der Waals surface area contributed by atoms with Crippen molar-refractivity contribution in [3.63, 3.8) is 0 Å². The molecule has 7 heteroatoms. The van der Waals surface area contributed by atoms with Crippen molar-refractivity contribution in [2.24, 2.45) is 0 Å². The van der Waals surface area contributed by atoms with Gasteiger partial charge in [0.25, 0.3) is 5.91 Å². The largest absolute Gasteiger partial charge is 0.360 e. The summed E-state index contributed by atoms with van der Waals surface area (Å²) in [4.78, 5) is 15.0. The van der Waals surface area contributed by atoms with Crippen molar-refractivity contribution < 1.29 is 13.7 Å². The average Bonchev–Trinajstić information content (AvgIpc) is 3.01. The number of aromatic nitrogens is 1. The van der Waals surface area contributed by atoms with Gasteiger partial charge in [0.1, 0.15) is 22.8 Å². The second-order valence-corrected chi connectivity index (χ2v) is 6.98. The van der Waals surface area contributed by atoms with Crippen LogP contribution in [0.1, 0.15) is 41.8 Å². The van der Waals surface area contributed by atoms with Crippen LogP contribution in [-0.2, 0) is 0 Å². The van der Waals surface area contributed by atoms with E-state index >= 15 is 0 Å². The van der Waals surface area contributed by atoms with Crippen LogP contribution in [0.25, 0.3) is 11.3 Å². The van der Waals surface area contributed by atoms with Gasteiger partial charge in [-0.3, -0.25) is 4.79 Å². The highest BCUT2D eigenvalue weighted by Crippen LogP contribution is 2.33. The third-order valence-corrected chi connectivity index (χ3v) is 4.99. The van der Waals surface area contributed by atoms with Crippen LogP contribution in [0.5, 0.6) is 0 Å². The van der Waals surface area contributed by atoms with Gasteiger partial charge < -0.3 is 14.7 Å². The Morgan fingerprint density at radius 2 is 2.12 bits per heavy atom. The summed E-state index contributed by atoms with van der Waals surface area (Å²) in [6, 6.07) is 4.35. The van der Waals surface area contributed by atoms with E-state index in [0.29, 0.717) is 12.3 Å². The molecular formula is C19H23ClFN3O2. The number of rotatable bonds is 6. The van der Waals surface area contributed by atoms with Crippen LogP contribution in [0.15, 0.2) is 22.7 Å². The number of likely N-dealkylation sites (tertiary alicyclic amines) is 1. The van der Waals surface area contributed by atoms with E-state index in [1.54, 1.807) is 13.0 Å². The second kappa shape index (κ2) is 8.64. The molecule has 2 heterocycles. The molecule has 0 radical (unpaired) electrons. The van der Waals surface area contributed by atoms with E-state index < -0.39 is 5.82 Å². The maximum Gasteiger partial charge on any atom is 0.257 e. The molecule has 26 heavy (non-hydrogen) atoms. The Bertz CT molecular complexity index is 752. The summed E-state index contributed by atoms with van der Waals surface area (Å²) >= 11 is 6.10. The third kappa shape index (κ3) is 4.24. The molecule has 1 aromatic carbocycles. The van der Waals surface area contributed by atoms with Crippen LogP contribution in [0.4, 0.5) is 4.39 Å². The van der Waals surface area contributed by atoms with Gasteiger partial charge in [-0.2, -0.15) is 0 Å². The number of nitrogens with zero attached hydrogens (tertiary/aromatic N) is 2. The Kier molecular flexibility index (Phi) is 6.27. The zero-order valence-corrected chi connectivity index (χ0v) is 15.6. The van der Waals surface area contributed by atoms with Crippen LogP contribution >= 0.6 is 11.6 Å². The van der Waals surface area contributed by atoms with Gasteiger partial charge in [-0.15, -0.1) is 0 Å². The maximum atomic E-state index is 14.2. The summed E-state index contributed by atoms with van der Waals surface area (Å²) in [6.45, 7) is 5.41. The summed E-state index contributed by atoms with van der Waals surface area (Å²) < 4.78 is 19.3. The van der Waals surface area contributed by atoms with E-state index in [2.05, 4.69) is 15.4 Å². The molecule has 1 aliphatic rings. The number of benzene rings is 1. The van der Waals surface area contributed by atoms with Crippen molar-refractivity contribution in [2.75, 3.05) is 26.2 Å². The number of hydrogen-bond donors (Lipinski definition) is 1. The lowest BCUT2D eigenvalue weighted by Crippen LogP contribution is -2.33. The van der Waals surface area contributed by atoms with Crippen LogP contribution in [0.2, 0.25) is 5.02 Å². The first-order chi connectivity index (χ1) is 12.6. The molecule has 1 fully saturated rings. The van der Waals surface area contributed by atoms with Crippen molar-refractivity contribution in [3.05, 3.63) is 40.4 Å². The van der Waals surface area contributed by atoms with Gasteiger partial charge in [-0.25, -0.2) is 4.39 Å². The van der Waals surface area contributed by atoms with Crippen molar-refractivity contribution in [2.45, 2.75) is 32.6 Å². The molecule has 5 nitrogen and oxygen atoms in total. The van der Waals surface area contributed by atoms with E-state index in [9.17, 15) is 9.18 Å². The lowest BCUT2D eigenvalue weighted by Gasteiger charge is -2.26. The number of amides is 1. The Morgan fingerprint density at radius 3 is 2.85 bits per heavy atom. The van der Waals surface area contributed by atoms with E-state index in [4.69, 9.17) is 16.1 Å². The Balaban J connectivity index is 1.65. The van der Waals surface area contributed by atoms with Gasteiger partial charge in [0.2, 0.25) is 0 Å². The maximum absolute atomic E-state index is 14.2. The zero-order chi connectivity index (χ0) is 18.5. The van der Waals surface area contributed by atoms with Crippen molar-refractivity contribution in [3.8, 4) is 11.3 Å². The van der Waals surface area contributed by atoms with Crippen LogP contribution < -0.4 is 5.32 Å². The van der Waals surface area contributed by atoms with Gasteiger partial charge in [-0.1, -0.05) is 29.2 Å². The van der Waals surface area contributed by atoms with E-state index in [1.165, 1.54) is 31.4 Å². The molecule has 140 valence electrons. The molecule has 1 saturated heterocycles. The van der Waals surface area contributed by atoms with Crippen LogP contribution in [-0.4, -0.2) is 42.1 Å². The summed E-state index contributed by atoms with van der Waals surface area (Å²) in [6.07, 6.45) is 4.67. The molecule has 0 aliphatic carbocycles. The van der Waals surface area contributed by atoms with Gasteiger partial charge in [0, 0.05) is 6.54 Å². The molecule has 0 atom stereocenters. The monoisotopic (exact) mass is 379 g/mol. The zero-order valence-electron chi connectivity index (χ0n) is 14.9. The average molecular weight is 380 g/mol. The van der Waals surface area contributed by atoms with Gasteiger partial charge in [-0.05, 0) is 58.0 Å². The number of aryl methyl sites for hydroxylation is 1. The minimum Gasteiger partial charge on any atom is -0.360 e. The topological polar surface area (TPSA) is 58.4 Å². The van der Waals surface area contributed by atoms with Crippen LogP contribution in [0.3, 0.4) is 0 Å². The number of halogens is 2. The third-order valence-electron chi connectivity index (χ3n) is 4.67. The molecule has 0 saturated carbocycles. The molecule has 0 unspecified atom stereocenters. The van der Waals surface area contributed by atoms with Gasteiger partial charge in [0.15, 0.2) is 0 Å². The highest BCUT2D eigenvalue weighted by atomic mass is 35.5. The second-order valence-electron chi connectivity index (χ2n) is 6.57. The predicted molar refractivity (Wildman–Crippen MR) is 98.9 cm³/mol. The van der Waals surface area contributed by atoms with Crippen LogP contribution in [0, 0.1) is 12.7 Å². The fourth-order valence-corrected chi connectivity index (χ4v) is 3.56. The fraction of sp³-hybridized carbons (Fsp3) is 0.474. The summed E-state index contributed by atoms with van der Waals surface area (Å²) in [5.74, 6) is -0.519. The summed E-state index contributed by atoms with van der Waals surface area (Å²) in [5, 5.41) is 6.94. The molecular weight excluding hydrogens is 357 g/mol. The van der Waals surface area contributed by atoms with Gasteiger partial charge >= 0.3 is 0 Å². The first-order valence-corrected chi connectivity index (χ1v) is 9.37. The molecule has 1 aliphatic heterocycles. The Morgan fingerprint density at radius 1 is 1.35 bits per heavy atom. The van der Waals surface area contributed by atoms with E-state index in [1.807, 2.05) is 0 Å². The highest BCUT2D eigenvalue weighted by Gasteiger charge is 2.25. The number of carbonyl (C=O) groups is 1. The van der Waals surface area contributed by atoms with Gasteiger partial charge in [0.05, 0.1) is 10.6 Å². The smallest absolute Gasteiger partial charge is 0.257 e.